The van der Waals surface area contributed by atoms with Crippen LogP contribution in [0.25, 0.3) is 10.2 Å². The Bertz CT molecular complexity index is 977. The first-order valence-corrected chi connectivity index (χ1v) is 11.6. The highest BCUT2D eigenvalue weighted by Crippen LogP contribution is 2.40. The van der Waals surface area contributed by atoms with Crippen molar-refractivity contribution in [1.82, 2.24) is 15.4 Å². The topological polar surface area (TPSA) is 62.3 Å². The average molecular weight is 480 g/mol. The summed E-state index contributed by atoms with van der Waals surface area (Å²) in [5.74, 6) is 0.358. The van der Waals surface area contributed by atoms with Gasteiger partial charge in [-0.05, 0) is 30.0 Å². The maximum Gasteiger partial charge on any atom is 0.248 e. The molecule has 2 aromatic carbocycles. The Kier molecular flexibility index (Phi) is 5.84. The van der Waals surface area contributed by atoms with E-state index in [1.54, 1.807) is 5.01 Å². The molecule has 138 valence electrons. The van der Waals surface area contributed by atoms with Crippen molar-refractivity contribution in [3.8, 4) is 0 Å². The van der Waals surface area contributed by atoms with Crippen molar-refractivity contribution in [2.75, 3.05) is 12.3 Å². The highest BCUT2D eigenvalue weighted by Gasteiger charge is 2.34. The molecule has 0 saturated carbocycles. The summed E-state index contributed by atoms with van der Waals surface area (Å²) in [5.41, 5.74) is 4.91. The lowest BCUT2D eigenvalue weighted by atomic mass is 10.2. The number of nitrogens with one attached hydrogen (secondary N) is 1. The fourth-order valence-corrected chi connectivity index (χ4v) is 6.38. The number of benzene rings is 2. The van der Waals surface area contributed by atoms with Crippen LogP contribution in [0, 0.1) is 0 Å². The zero-order valence-corrected chi connectivity index (χ0v) is 18.0. The van der Waals surface area contributed by atoms with E-state index in [0.29, 0.717) is 10.1 Å². The summed E-state index contributed by atoms with van der Waals surface area (Å²) in [5, 5.41) is 1.32. The van der Waals surface area contributed by atoms with E-state index in [1.165, 1.54) is 23.1 Å². The first kappa shape index (κ1) is 18.9. The van der Waals surface area contributed by atoms with Gasteiger partial charge in [-0.2, -0.15) is 0 Å². The predicted molar refractivity (Wildman–Crippen MR) is 115 cm³/mol. The van der Waals surface area contributed by atoms with E-state index in [2.05, 4.69) is 26.3 Å². The largest absolute Gasteiger partial charge is 0.285 e. The van der Waals surface area contributed by atoms with Gasteiger partial charge in [0, 0.05) is 10.0 Å². The average Bonchev–Trinajstić information content (AvgIpc) is 3.23. The van der Waals surface area contributed by atoms with Gasteiger partial charge in [0.15, 0.2) is 4.34 Å². The third kappa shape index (κ3) is 4.22. The molecule has 1 fully saturated rings. The molecular weight excluding hydrogens is 466 g/mol. The number of hydrogen-bond acceptors (Lipinski definition) is 7. The van der Waals surface area contributed by atoms with Crippen molar-refractivity contribution in [3.05, 3.63) is 58.6 Å². The molecule has 1 saturated heterocycles. The summed E-state index contributed by atoms with van der Waals surface area (Å²) < 4.78 is 2.72. The molecule has 3 aromatic rings. The summed E-state index contributed by atoms with van der Waals surface area (Å²) in [4.78, 5) is 29.1. The molecule has 0 bridgehead atoms. The second kappa shape index (κ2) is 8.32. The third-order valence-corrected chi connectivity index (χ3v) is 7.79. The number of thiazole rings is 1. The van der Waals surface area contributed by atoms with Crippen molar-refractivity contribution in [2.24, 2.45) is 0 Å². The summed E-state index contributed by atoms with van der Waals surface area (Å²) in [6.07, 6.45) is 0. The van der Waals surface area contributed by atoms with Gasteiger partial charge in [-0.25, -0.2) is 10.4 Å². The molecule has 2 heterocycles. The zero-order chi connectivity index (χ0) is 18.8. The Morgan fingerprint density at radius 3 is 2.85 bits per heavy atom. The van der Waals surface area contributed by atoms with Gasteiger partial charge >= 0.3 is 0 Å². The summed E-state index contributed by atoms with van der Waals surface area (Å²) >= 11 is 7.68. The molecule has 4 rings (SSSR count). The number of halogens is 1. The molecule has 1 unspecified atom stereocenters. The molecule has 1 aliphatic heterocycles. The molecule has 27 heavy (non-hydrogen) atoms. The summed E-state index contributed by atoms with van der Waals surface area (Å²) in [6, 6.07) is 15.6. The Labute approximate surface area is 177 Å². The Morgan fingerprint density at radius 1 is 1.26 bits per heavy atom. The molecule has 0 radical (unpaired) electrons. The number of nitrogens with zero attached hydrogens (tertiary/aromatic N) is 2. The van der Waals surface area contributed by atoms with Gasteiger partial charge in [0.1, 0.15) is 5.37 Å². The molecule has 1 aromatic heterocycles. The van der Waals surface area contributed by atoms with Gasteiger partial charge < -0.3 is 0 Å². The Morgan fingerprint density at radius 2 is 2.04 bits per heavy atom. The normalized spacial score (nSPS) is 17.0. The number of amides is 1. The van der Waals surface area contributed by atoms with Crippen LogP contribution in [-0.2, 0) is 9.59 Å². The molecular formula is C18H14BrN3O2S3. The van der Waals surface area contributed by atoms with Gasteiger partial charge in [-0.1, -0.05) is 46.3 Å². The van der Waals surface area contributed by atoms with E-state index < -0.39 is 0 Å². The number of carbonyl (C=O) groups excluding carboxylic acids is 2. The van der Waals surface area contributed by atoms with E-state index in [1.807, 2.05) is 48.5 Å². The van der Waals surface area contributed by atoms with E-state index in [0.717, 1.165) is 32.0 Å². The first-order valence-electron chi connectivity index (χ1n) is 8.09. The number of fused-ring (bicyclic) bond motifs is 1. The lowest BCUT2D eigenvalue weighted by molar-refractivity contribution is -0.131. The summed E-state index contributed by atoms with van der Waals surface area (Å²) in [6.45, 7) is 0.0633. The minimum Gasteiger partial charge on any atom is -0.285 e. The number of thioether (sulfide) groups is 2. The van der Waals surface area contributed by atoms with E-state index >= 15 is 0 Å². The van der Waals surface area contributed by atoms with E-state index in [-0.39, 0.29) is 22.9 Å². The standard InChI is InChI=1S/C18H14BrN3O2S3/c19-12-6-2-1-5-11(12)17-22(15(23)10-25-17)20-9-16(24)27-18-21-13-7-3-4-8-14(13)26-18/h1-8,17,20H,9-10H2. The van der Waals surface area contributed by atoms with Crippen LogP contribution in [0.4, 0.5) is 0 Å². The quantitative estimate of drug-likeness (QED) is 0.545. The van der Waals surface area contributed by atoms with Crippen LogP contribution in [0.5, 0.6) is 0 Å². The van der Waals surface area contributed by atoms with Gasteiger partial charge in [0.05, 0.1) is 22.5 Å². The molecule has 0 aliphatic carbocycles. The second-order valence-corrected chi connectivity index (χ2v) is 9.96. The number of hydrazine groups is 1. The number of hydrogen-bond donors (Lipinski definition) is 1. The smallest absolute Gasteiger partial charge is 0.248 e. The molecule has 5 nitrogen and oxygen atoms in total. The number of aromatic nitrogens is 1. The van der Waals surface area contributed by atoms with Crippen LogP contribution in [0.2, 0.25) is 0 Å². The van der Waals surface area contributed by atoms with Gasteiger partial charge in [-0.3, -0.25) is 14.6 Å². The Balaban J connectivity index is 1.41. The lowest BCUT2D eigenvalue weighted by Crippen LogP contribution is -2.43. The van der Waals surface area contributed by atoms with Gasteiger partial charge in [0.2, 0.25) is 11.0 Å². The molecule has 9 heteroatoms. The molecule has 0 spiro atoms. The minimum absolute atomic E-state index is 0.0291. The number of rotatable bonds is 5. The van der Waals surface area contributed by atoms with Crippen molar-refractivity contribution >= 4 is 72.0 Å². The van der Waals surface area contributed by atoms with Crippen molar-refractivity contribution < 1.29 is 9.59 Å². The Hall–Kier alpha value is -1.39. The summed E-state index contributed by atoms with van der Waals surface area (Å²) in [7, 11) is 0. The van der Waals surface area contributed by atoms with Crippen molar-refractivity contribution in [2.45, 2.75) is 9.71 Å². The highest BCUT2D eigenvalue weighted by atomic mass is 79.9. The second-order valence-electron chi connectivity index (χ2n) is 5.71. The third-order valence-electron chi connectivity index (χ3n) is 3.91. The van der Waals surface area contributed by atoms with Crippen LogP contribution in [0.15, 0.2) is 57.3 Å². The minimum atomic E-state index is -0.159. The van der Waals surface area contributed by atoms with Crippen LogP contribution in [-0.4, -0.2) is 33.3 Å². The van der Waals surface area contributed by atoms with Crippen LogP contribution in [0.1, 0.15) is 10.9 Å². The predicted octanol–water partition coefficient (Wildman–Crippen LogP) is 4.46. The van der Waals surface area contributed by atoms with Crippen molar-refractivity contribution in [3.63, 3.8) is 0 Å². The lowest BCUT2D eigenvalue weighted by Gasteiger charge is -2.25. The zero-order valence-electron chi connectivity index (χ0n) is 13.9. The van der Waals surface area contributed by atoms with Crippen molar-refractivity contribution in [1.29, 1.82) is 0 Å². The van der Waals surface area contributed by atoms with E-state index in [9.17, 15) is 9.59 Å². The number of para-hydroxylation sites is 1. The van der Waals surface area contributed by atoms with Crippen LogP contribution >= 0.6 is 50.8 Å². The maximum absolute atomic E-state index is 12.4. The molecule has 1 N–H and O–H groups in total. The fraction of sp³-hybridized carbons (Fsp3) is 0.167. The van der Waals surface area contributed by atoms with E-state index in [4.69, 9.17) is 0 Å². The van der Waals surface area contributed by atoms with Crippen LogP contribution < -0.4 is 5.43 Å². The fourth-order valence-electron chi connectivity index (χ4n) is 2.68. The molecule has 1 aliphatic rings. The monoisotopic (exact) mass is 479 g/mol. The van der Waals surface area contributed by atoms with Gasteiger partial charge in [-0.15, -0.1) is 23.1 Å². The molecule has 1 amide bonds. The number of carbonyl (C=O) groups is 2. The van der Waals surface area contributed by atoms with Gasteiger partial charge in [0.25, 0.3) is 0 Å². The van der Waals surface area contributed by atoms with Crippen LogP contribution in [0.3, 0.4) is 0 Å². The molecule has 1 atom stereocenters. The first-order chi connectivity index (χ1) is 13.1. The SMILES string of the molecule is O=C(CNN1C(=O)CSC1c1ccccc1Br)Sc1nc2ccccc2s1. The highest BCUT2D eigenvalue weighted by molar-refractivity contribution is 9.10. The maximum atomic E-state index is 12.4.